The minimum atomic E-state index is 0.369. The molecule has 0 radical (unpaired) electrons. The minimum Gasteiger partial charge on any atom is -0.443 e. The number of halogens is 2. The van der Waals surface area contributed by atoms with Crippen LogP contribution in [0.2, 0.25) is 0 Å². The Balaban J connectivity index is 2.52. The number of thiophene rings is 1. The first-order valence-corrected chi connectivity index (χ1v) is 5.75. The molecule has 0 atom stereocenters. The summed E-state index contributed by atoms with van der Waals surface area (Å²) >= 11 is 10.8. The summed E-state index contributed by atoms with van der Waals surface area (Å²) in [5.41, 5.74) is 1.79. The lowest BCUT2D eigenvalue weighted by molar-refractivity contribution is 0.571. The molecule has 0 saturated carbocycles. The lowest BCUT2D eigenvalue weighted by Crippen LogP contribution is -1.80. The molecule has 5 heteroatoms. The van der Waals surface area contributed by atoms with Crippen molar-refractivity contribution in [2.45, 2.75) is 5.88 Å². The van der Waals surface area contributed by atoms with E-state index in [1.165, 1.54) is 6.39 Å². The molecule has 0 spiro atoms. The van der Waals surface area contributed by atoms with Gasteiger partial charge >= 0.3 is 0 Å². The summed E-state index contributed by atoms with van der Waals surface area (Å²) in [6.07, 6.45) is 1.41. The fourth-order valence-electron chi connectivity index (χ4n) is 1.04. The van der Waals surface area contributed by atoms with Crippen LogP contribution in [-0.4, -0.2) is 4.98 Å². The largest absolute Gasteiger partial charge is 0.443 e. The van der Waals surface area contributed by atoms with E-state index in [-0.39, 0.29) is 0 Å². The molecule has 0 aliphatic carbocycles. The third-order valence-electron chi connectivity index (χ3n) is 1.63. The second kappa shape index (κ2) is 3.82. The van der Waals surface area contributed by atoms with E-state index in [1.54, 1.807) is 11.3 Å². The highest BCUT2D eigenvalue weighted by Crippen LogP contribution is 2.34. The van der Waals surface area contributed by atoms with E-state index in [0.717, 1.165) is 20.8 Å². The van der Waals surface area contributed by atoms with Gasteiger partial charge in [-0.1, -0.05) is 0 Å². The smallest absolute Gasteiger partial charge is 0.181 e. The maximum Gasteiger partial charge on any atom is 0.181 e. The molecule has 0 N–H and O–H groups in total. The highest BCUT2D eigenvalue weighted by molar-refractivity contribution is 9.11. The van der Waals surface area contributed by atoms with Gasteiger partial charge in [0.2, 0.25) is 0 Å². The van der Waals surface area contributed by atoms with Gasteiger partial charge in [-0.15, -0.1) is 22.9 Å². The summed E-state index contributed by atoms with van der Waals surface area (Å²) in [5.74, 6) is 1.12. The van der Waals surface area contributed by atoms with Crippen LogP contribution in [0.1, 0.15) is 5.69 Å². The monoisotopic (exact) mass is 277 g/mol. The van der Waals surface area contributed by atoms with Crippen molar-refractivity contribution in [1.29, 1.82) is 0 Å². The van der Waals surface area contributed by atoms with Gasteiger partial charge in [0, 0.05) is 5.56 Å². The second-order valence-corrected chi connectivity index (χ2v) is 4.87. The molecule has 0 saturated heterocycles. The van der Waals surface area contributed by atoms with Crippen LogP contribution in [-0.2, 0) is 5.88 Å². The quantitative estimate of drug-likeness (QED) is 0.779. The van der Waals surface area contributed by atoms with Crippen LogP contribution in [0.3, 0.4) is 0 Å². The van der Waals surface area contributed by atoms with Gasteiger partial charge in [-0.3, -0.25) is 0 Å². The average Bonchev–Trinajstić information content (AvgIpc) is 2.71. The molecule has 0 fully saturated rings. The number of nitrogens with zero attached hydrogens (tertiary/aromatic N) is 1. The van der Waals surface area contributed by atoms with Crippen LogP contribution in [0, 0.1) is 0 Å². The Labute approximate surface area is 92.7 Å². The Hall–Kier alpha value is -0.320. The van der Waals surface area contributed by atoms with E-state index >= 15 is 0 Å². The number of alkyl halides is 1. The molecule has 2 nitrogen and oxygen atoms in total. The van der Waals surface area contributed by atoms with Gasteiger partial charge in [-0.05, 0) is 27.4 Å². The van der Waals surface area contributed by atoms with Crippen LogP contribution in [0.15, 0.2) is 26.0 Å². The van der Waals surface area contributed by atoms with E-state index in [2.05, 4.69) is 20.9 Å². The van der Waals surface area contributed by atoms with Crippen molar-refractivity contribution < 1.29 is 4.42 Å². The van der Waals surface area contributed by atoms with Gasteiger partial charge < -0.3 is 4.42 Å². The topological polar surface area (TPSA) is 26.0 Å². The number of aromatic nitrogens is 1. The third kappa shape index (κ3) is 1.66. The number of hydrogen-bond acceptors (Lipinski definition) is 3. The first-order valence-electron chi connectivity index (χ1n) is 3.54. The summed E-state index contributed by atoms with van der Waals surface area (Å²) in [6, 6.07) is 1.98. The average molecular weight is 279 g/mol. The van der Waals surface area contributed by atoms with Crippen molar-refractivity contribution >= 4 is 38.9 Å². The van der Waals surface area contributed by atoms with Gasteiger partial charge in [0.1, 0.15) is 5.69 Å². The maximum atomic E-state index is 5.71. The lowest BCUT2D eigenvalue weighted by Gasteiger charge is -1.94. The Morgan fingerprint density at radius 1 is 1.62 bits per heavy atom. The normalized spacial score (nSPS) is 10.6. The summed E-state index contributed by atoms with van der Waals surface area (Å²) in [5, 5.41) is 1.99. The zero-order chi connectivity index (χ0) is 9.26. The molecule has 0 aromatic carbocycles. The third-order valence-corrected chi connectivity index (χ3v) is 3.57. The highest BCUT2D eigenvalue weighted by atomic mass is 79.9. The van der Waals surface area contributed by atoms with Crippen molar-refractivity contribution in [3.8, 4) is 11.3 Å². The van der Waals surface area contributed by atoms with Gasteiger partial charge in [-0.25, -0.2) is 4.98 Å². The first kappa shape index (κ1) is 9.24. The number of rotatable bonds is 2. The van der Waals surface area contributed by atoms with Crippen molar-refractivity contribution in [1.82, 2.24) is 4.98 Å². The summed E-state index contributed by atoms with van der Waals surface area (Å²) in [6.45, 7) is 0. The Kier molecular flexibility index (Phi) is 2.71. The molecular weight excluding hydrogens is 274 g/mol. The molecule has 2 aromatic heterocycles. The van der Waals surface area contributed by atoms with Crippen LogP contribution < -0.4 is 0 Å². The fourth-order valence-corrected chi connectivity index (χ4v) is 2.48. The maximum absolute atomic E-state index is 5.71. The van der Waals surface area contributed by atoms with Crippen molar-refractivity contribution in [3.05, 3.63) is 27.3 Å². The molecule has 0 aliphatic rings. The molecule has 13 heavy (non-hydrogen) atoms. The molecular formula is C8H5BrClNOS. The van der Waals surface area contributed by atoms with E-state index in [9.17, 15) is 0 Å². The molecule has 2 heterocycles. The van der Waals surface area contributed by atoms with E-state index in [4.69, 9.17) is 16.0 Å². The van der Waals surface area contributed by atoms with Gasteiger partial charge in [-0.2, -0.15) is 0 Å². The Morgan fingerprint density at radius 2 is 2.46 bits per heavy atom. The van der Waals surface area contributed by atoms with Crippen molar-refractivity contribution in [2.24, 2.45) is 0 Å². The first-order chi connectivity index (χ1) is 6.33. The predicted octanol–water partition coefficient (Wildman–Crippen LogP) is 3.90. The van der Waals surface area contributed by atoms with Gasteiger partial charge in [0.25, 0.3) is 0 Å². The fraction of sp³-hybridized carbons (Fsp3) is 0.125. The Bertz CT molecular complexity index is 412. The van der Waals surface area contributed by atoms with Crippen LogP contribution >= 0.6 is 38.9 Å². The molecule has 0 aliphatic heterocycles. The van der Waals surface area contributed by atoms with E-state index in [1.807, 2.05) is 11.4 Å². The molecule has 68 valence electrons. The van der Waals surface area contributed by atoms with Crippen molar-refractivity contribution in [2.75, 3.05) is 0 Å². The zero-order valence-corrected chi connectivity index (χ0v) is 9.62. The van der Waals surface area contributed by atoms with Gasteiger partial charge in [0.05, 0.1) is 9.67 Å². The molecule has 0 bridgehead atoms. The van der Waals surface area contributed by atoms with Crippen LogP contribution in [0.5, 0.6) is 0 Å². The standard InChI is InChI=1S/C8H5BrClNOS/c9-8-5(1-2-13-8)7-6(3-10)11-4-12-7/h1-2,4H,3H2. The zero-order valence-electron chi connectivity index (χ0n) is 6.46. The summed E-state index contributed by atoms with van der Waals surface area (Å²) in [4.78, 5) is 4.02. The SMILES string of the molecule is ClCc1ncoc1-c1ccsc1Br. The van der Waals surface area contributed by atoms with E-state index < -0.39 is 0 Å². The number of oxazole rings is 1. The second-order valence-electron chi connectivity index (χ2n) is 2.37. The number of hydrogen-bond donors (Lipinski definition) is 0. The minimum absolute atomic E-state index is 0.369. The highest BCUT2D eigenvalue weighted by Gasteiger charge is 2.13. The Morgan fingerprint density at radius 3 is 3.08 bits per heavy atom. The van der Waals surface area contributed by atoms with Crippen molar-refractivity contribution in [3.63, 3.8) is 0 Å². The molecule has 2 aromatic rings. The van der Waals surface area contributed by atoms with Crippen LogP contribution in [0.4, 0.5) is 0 Å². The summed E-state index contributed by atoms with van der Waals surface area (Å²) in [7, 11) is 0. The molecule has 2 rings (SSSR count). The summed E-state index contributed by atoms with van der Waals surface area (Å²) < 4.78 is 6.30. The van der Waals surface area contributed by atoms with Gasteiger partial charge in [0.15, 0.2) is 12.2 Å². The predicted molar refractivity (Wildman–Crippen MR) is 57.1 cm³/mol. The molecule has 0 unspecified atom stereocenters. The van der Waals surface area contributed by atoms with Crippen LogP contribution in [0.25, 0.3) is 11.3 Å². The molecule has 0 amide bonds. The van der Waals surface area contributed by atoms with E-state index in [0.29, 0.717) is 5.88 Å². The lowest BCUT2D eigenvalue weighted by atomic mass is 10.2.